The number of unbranched alkanes of at least 4 members (excludes halogenated alkanes) is 18. The summed E-state index contributed by atoms with van der Waals surface area (Å²) in [6.45, 7) is 4.60. The zero-order chi connectivity index (χ0) is 34.6. The maximum absolute atomic E-state index is 2.38. The zero-order valence-corrected chi connectivity index (χ0v) is 31.8. The highest BCUT2D eigenvalue weighted by molar-refractivity contribution is 6.21. The second-order valence-corrected chi connectivity index (χ2v) is 15.1. The van der Waals surface area contributed by atoms with Crippen molar-refractivity contribution in [2.75, 3.05) is 0 Å². The molecule has 0 heteroatoms. The van der Waals surface area contributed by atoms with E-state index >= 15 is 0 Å². The highest BCUT2D eigenvalue weighted by Crippen LogP contribution is 2.43. The van der Waals surface area contributed by atoms with E-state index in [1.165, 1.54) is 196 Å². The van der Waals surface area contributed by atoms with Gasteiger partial charge in [-0.05, 0) is 80.6 Å². The van der Waals surface area contributed by atoms with E-state index in [-0.39, 0.29) is 0 Å². The van der Waals surface area contributed by atoms with Crippen LogP contribution in [0.2, 0.25) is 0 Å². The minimum Gasteiger partial charge on any atom is -0.0654 e. The van der Waals surface area contributed by atoms with Gasteiger partial charge in [0, 0.05) is 0 Å². The SMILES string of the molecule is CCCCCCCCCCCCc1ccc(-c2c3ccccc3c(-c3ccc(CCCCCCCCCCCC)cc3)c3ccccc23)cc1. The third-order valence-corrected chi connectivity index (χ3v) is 11.1. The van der Waals surface area contributed by atoms with Crippen molar-refractivity contribution in [1.82, 2.24) is 0 Å². The van der Waals surface area contributed by atoms with Crippen LogP contribution < -0.4 is 0 Å². The maximum atomic E-state index is 2.38. The number of hydrogen-bond donors (Lipinski definition) is 0. The molecule has 0 heterocycles. The van der Waals surface area contributed by atoms with Crippen molar-refractivity contribution in [3.63, 3.8) is 0 Å². The van der Waals surface area contributed by atoms with Gasteiger partial charge in [0.1, 0.15) is 0 Å². The third-order valence-electron chi connectivity index (χ3n) is 11.1. The lowest BCUT2D eigenvalue weighted by Gasteiger charge is -2.18. The van der Waals surface area contributed by atoms with Gasteiger partial charge in [-0.2, -0.15) is 0 Å². The summed E-state index contributed by atoms with van der Waals surface area (Å²) >= 11 is 0. The van der Waals surface area contributed by atoms with Crippen LogP contribution in [0.15, 0.2) is 97.1 Å². The monoisotopic (exact) mass is 667 g/mol. The lowest BCUT2D eigenvalue weighted by atomic mass is 9.85. The topological polar surface area (TPSA) is 0 Å². The molecule has 0 aliphatic carbocycles. The number of rotatable bonds is 24. The van der Waals surface area contributed by atoms with Crippen molar-refractivity contribution in [2.45, 2.75) is 155 Å². The molecule has 50 heavy (non-hydrogen) atoms. The van der Waals surface area contributed by atoms with Gasteiger partial charge < -0.3 is 0 Å². The van der Waals surface area contributed by atoms with Crippen molar-refractivity contribution in [1.29, 1.82) is 0 Å². The van der Waals surface area contributed by atoms with Gasteiger partial charge in [-0.1, -0.05) is 226 Å². The summed E-state index contributed by atoms with van der Waals surface area (Å²) in [5.41, 5.74) is 8.31. The van der Waals surface area contributed by atoms with Gasteiger partial charge in [-0.15, -0.1) is 0 Å². The second kappa shape index (κ2) is 21.8. The number of aryl methyl sites for hydroxylation is 2. The Kier molecular flexibility index (Phi) is 16.5. The molecule has 0 aliphatic heterocycles. The standard InChI is InChI=1S/C50H66/c1-3-5-7-9-11-13-15-17-19-21-27-41-33-37-43(38-34-41)49-45-29-23-25-31-47(45)50(48-32-26-24-30-46(48)49)44-39-35-42(36-40-44)28-22-20-18-16-14-12-10-8-6-4-2/h23-26,29-40H,3-22,27-28H2,1-2H3. The van der Waals surface area contributed by atoms with Gasteiger partial charge in [0.2, 0.25) is 0 Å². The highest BCUT2D eigenvalue weighted by Gasteiger charge is 2.16. The van der Waals surface area contributed by atoms with Crippen LogP contribution >= 0.6 is 0 Å². The van der Waals surface area contributed by atoms with Gasteiger partial charge in [0.05, 0.1) is 0 Å². The average Bonchev–Trinajstić information content (AvgIpc) is 3.16. The van der Waals surface area contributed by atoms with E-state index in [0.717, 1.165) is 0 Å². The van der Waals surface area contributed by atoms with Crippen LogP contribution in [-0.4, -0.2) is 0 Å². The molecule has 266 valence electrons. The third kappa shape index (κ3) is 11.3. The summed E-state index contributed by atoms with van der Waals surface area (Å²) in [4.78, 5) is 0. The van der Waals surface area contributed by atoms with Gasteiger partial charge in [0.25, 0.3) is 0 Å². The predicted octanol–water partition coefficient (Wildman–Crippen LogP) is 16.3. The highest BCUT2D eigenvalue weighted by atomic mass is 14.2. The van der Waals surface area contributed by atoms with E-state index in [1.807, 2.05) is 0 Å². The van der Waals surface area contributed by atoms with Crippen LogP contribution in [0.4, 0.5) is 0 Å². The number of fused-ring (bicyclic) bond motifs is 2. The molecule has 0 saturated carbocycles. The van der Waals surface area contributed by atoms with E-state index in [4.69, 9.17) is 0 Å². The molecule has 0 unspecified atom stereocenters. The second-order valence-electron chi connectivity index (χ2n) is 15.1. The molecule has 0 nitrogen and oxygen atoms in total. The fourth-order valence-corrected chi connectivity index (χ4v) is 8.06. The lowest BCUT2D eigenvalue weighted by molar-refractivity contribution is 0.556. The Labute approximate surface area is 306 Å². The number of benzene rings is 5. The van der Waals surface area contributed by atoms with Crippen molar-refractivity contribution in [3.8, 4) is 22.3 Å². The Morgan fingerprint density at radius 3 is 0.820 bits per heavy atom. The minimum absolute atomic E-state index is 1.19. The molecule has 0 amide bonds. The molecule has 0 aliphatic rings. The van der Waals surface area contributed by atoms with E-state index in [0.29, 0.717) is 0 Å². The Hall–Kier alpha value is -3.38. The summed E-state index contributed by atoms with van der Waals surface area (Å²) in [7, 11) is 0. The molecule has 0 aromatic heterocycles. The molecule has 5 aromatic rings. The Balaban J connectivity index is 1.21. The average molecular weight is 667 g/mol. The van der Waals surface area contributed by atoms with Crippen LogP contribution in [0.3, 0.4) is 0 Å². The summed E-state index contributed by atoms with van der Waals surface area (Å²) in [6.07, 6.45) is 30.2. The first kappa shape index (κ1) is 37.9. The molecule has 5 aromatic carbocycles. The van der Waals surface area contributed by atoms with Gasteiger partial charge in [0.15, 0.2) is 0 Å². The first-order valence-corrected chi connectivity index (χ1v) is 20.9. The van der Waals surface area contributed by atoms with Crippen molar-refractivity contribution in [2.24, 2.45) is 0 Å². The summed E-state index contributed by atoms with van der Waals surface area (Å²) in [5.74, 6) is 0. The molecular formula is C50H66. The van der Waals surface area contributed by atoms with Crippen molar-refractivity contribution in [3.05, 3.63) is 108 Å². The molecule has 5 rings (SSSR count). The van der Waals surface area contributed by atoms with Crippen LogP contribution in [-0.2, 0) is 12.8 Å². The van der Waals surface area contributed by atoms with E-state index in [9.17, 15) is 0 Å². The van der Waals surface area contributed by atoms with Crippen molar-refractivity contribution >= 4 is 21.5 Å². The van der Waals surface area contributed by atoms with Crippen LogP contribution in [0.1, 0.15) is 153 Å². The normalized spacial score (nSPS) is 11.6. The summed E-state index contributed by atoms with van der Waals surface area (Å²) in [6, 6.07) is 37.2. The van der Waals surface area contributed by atoms with Crippen molar-refractivity contribution < 1.29 is 0 Å². The Bertz CT molecular complexity index is 1470. The Morgan fingerprint density at radius 1 is 0.280 bits per heavy atom. The van der Waals surface area contributed by atoms with E-state index < -0.39 is 0 Å². The molecule has 0 bridgehead atoms. The fourth-order valence-electron chi connectivity index (χ4n) is 8.06. The zero-order valence-electron chi connectivity index (χ0n) is 31.8. The van der Waals surface area contributed by atoms with Gasteiger partial charge in [-0.3, -0.25) is 0 Å². The first-order valence-electron chi connectivity index (χ1n) is 20.9. The van der Waals surface area contributed by atoms with Gasteiger partial charge in [-0.25, -0.2) is 0 Å². The molecule has 0 N–H and O–H groups in total. The first-order chi connectivity index (χ1) is 24.8. The largest absolute Gasteiger partial charge is 0.0654 e. The van der Waals surface area contributed by atoms with Crippen LogP contribution in [0, 0.1) is 0 Å². The Morgan fingerprint density at radius 2 is 0.540 bits per heavy atom. The smallest absolute Gasteiger partial charge is 0.00264 e. The van der Waals surface area contributed by atoms with E-state index in [1.54, 1.807) is 0 Å². The van der Waals surface area contributed by atoms with E-state index in [2.05, 4.69) is 111 Å². The summed E-state index contributed by atoms with van der Waals surface area (Å²) in [5, 5.41) is 5.38. The minimum atomic E-state index is 1.19. The quantitative estimate of drug-likeness (QED) is 0.0454. The van der Waals surface area contributed by atoms with Crippen LogP contribution in [0.25, 0.3) is 43.8 Å². The maximum Gasteiger partial charge on any atom is -0.00264 e. The molecule has 0 atom stereocenters. The fraction of sp³-hybridized carbons (Fsp3) is 0.480. The summed E-state index contributed by atoms with van der Waals surface area (Å²) < 4.78 is 0. The molecule has 0 radical (unpaired) electrons. The molecule has 0 fully saturated rings. The lowest BCUT2D eigenvalue weighted by Crippen LogP contribution is -1.92. The van der Waals surface area contributed by atoms with Gasteiger partial charge >= 0.3 is 0 Å². The number of hydrogen-bond acceptors (Lipinski definition) is 0. The molecular weight excluding hydrogens is 601 g/mol. The van der Waals surface area contributed by atoms with Crippen LogP contribution in [0.5, 0.6) is 0 Å². The molecule has 0 spiro atoms. The predicted molar refractivity (Wildman–Crippen MR) is 223 cm³/mol. The molecule has 0 saturated heterocycles.